The summed E-state index contributed by atoms with van der Waals surface area (Å²) in [5.74, 6) is 1.29. The third kappa shape index (κ3) is 4.14. The molecule has 7 heteroatoms. The molecular weight excluding hydrogens is 318 g/mol. The summed E-state index contributed by atoms with van der Waals surface area (Å²) >= 11 is 0. The number of nitro groups is 1. The van der Waals surface area contributed by atoms with Crippen LogP contribution in [0, 0.1) is 16.0 Å². The van der Waals surface area contributed by atoms with Crippen LogP contribution in [0.2, 0.25) is 0 Å². The second kappa shape index (κ2) is 8.17. The number of anilines is 1. The van der Waals surface area contributed by atoms with Gasteiger partial charge >= 0.3 is 5.69 Å². The Balaban J connectivity index is 1.73. The number of hydrogen-bond acceptors (Lipinski definition) is 5. The molecule has 0 aromatic carbocycles. The molecular formula is C18H31N5O2. The van der Waals surface area contributed by atoms with Gasteiger partial charge in [0.15, 0.2) is 0 Å². The predicted octanol–water partition coefficient (Wildman–Crippen LogP) is 2.98. The summed E-state index contributed by atoms with van der Waals surface area (Å²) in [6, 6.07) is 0. The van der Waals surface area contributed by atoms with Gasteiger partial charge in [0.1, 0.15) is 5.69 Å². The fraction of sp³-hybridized carbons (Fsp3) is 0.833. The van der Waals surface area contributed by atoms with Gasteiger partial charge in [-0.2, -0.15) is 5.10 Å². The summed E-state index contributed by atoms with van der Waals surface area (Å²) in [6.07, 6.45) is 8.24. The van der Waals surface area contributed by atoms with E-state index in [9.17, 15) is 10.1 Å². The lowest BCUT2D eigenvalue weighted by atomic mass is 9.97. The number of rotatable bonds is 5. The van der Waals surface area contributed by atoms with E-state index in [0.29, 0.717) is 23.9 Å². The molecule has 1 unspecified atom stereocenters. The number of nitrogens with zero attached hydrogens (tertiary/aromatic N) is 5. The lowest BCUT2D eigenvalue weighted by molar-refractivity contribution is -0.384. The fourth-order valence-electron chi connectivity index (χ4n) is 4.43. The molecule has 0 bridgehead atoms. The SMILES string of the molecule is CCc1nn(C)c(N2CCCC(CN3CCCCCC3)C2)c1[N+](=O)[O-]. The van der Waals surface area contributed by atoms with E-state index in [2.05, 4.69) is 14.9 Å². The highest BCUT2D eigenvalue weighted by Crippen LogP contribution is 2.34. The van der Waals surface area contributed by atoms with Gasteiger partial charge in [0.25, 0.3) is 0 Å². The van der Waals surface area contributed by atoms with Crippen LogP contribution in [0.25, 0.3) is 0 Å². The van der Waals surface area contributed by atoms with E-state index in [-0.39, 0.29) is 10.6 Å². The summed E-state index contributed by atoms with van der Waals surface area (Å²) in [7, 11) is 1.83. The predicted molar refractivity (Wildman–Crippen MR) is 99.1 cm³/mol. The molecule has 2 aliphatic rings. The van der Waals surface area contributed by atoms with Gasteiger partial charge in [-0.25, -0.2) is 4.68 Å². The molecule has 0 aliphatic carbocycles. The molecule has 0 N–H and O–H groups in total. The molecule has 0 saturated carbocycles. The molecule has 1 atom stereocenters. The lowest BCUT2D eigenvalue weighted by Gasteiger charge is -2.36. The zero-order valence-corrected chi connectivity index (χ0v) is 15.6. The number of piperidine rings is 1. The lowest BCUT2D eigenvalue weighted by Crippen LogP contribution is -2.42. The normalized spacial score (nSPS) is 22.8. The zero-order valence-electron chi connectivity index (χ0n) is 15.6. The van der Waals surface area contributed by atoms with Crippen molar-refractivity contribution < 1.29 is 4.92 Å². The van der Waals surface area contributed by atoms with Gasteiger partial charge in [0.2, 0.25) is 5.82 Å². The van der Waals surface area contributed by atoms with Crippen LogP contribution < -0.4 is 4.90 Å². The Bertz CT molecular complexity index is 593. The second-order valence-electron chi connectivity index (χ2n) is 7.52. The summed E-state index contributed by atoms with van der Waals surface area (Å²) < 4.78 is 1.71. The quantitative estimate of drug-likeness (QED) is 0.604. The molecule has 3 rings (SSSR count). The van der Waals surface area contributed by atoms with Crippen molar-refractivity contribution in [3.63, 3.8) is 0 Å². The maximum atomic E-state index is 11.6. The molecule has 140 valence electrons. The monoisotopic (exact) mass is 349 g/mol. The van der Waals surface area contributed by atoms with Crippen LogP contribution >= 0.6 is 0 Å². The summed E-state index contributed by atoms with van der Waals surface area (Å²) in [5, 5.41) is 16.0. The van der Waals surface area contributed by atoms with Crippen LogP contribution in [-0.2, 0) is 13.5 Å². The first-order valence-electron chi connectivity index (χ1n) is 9.77. The van der Waals surface area contributed by atoms with Crippen molar-refractivity contribution in [3.8, 4) is 0 Å². The Morgan fingerprint density at radius 1 is 1.16 bits per heavy atom. The molecule has 0 radical (unpaired) electrons. The van der Waals surface area contributed by atoms with Crippen molar-refractivity contribution in [3.05, 3.63) is 15.8 Å². The van der Waals surface area contributed by atoms with E-state index in [1.165, 1.54) is 45.2 Å². The van der Waals surface area contributed by atoms with E-state index in [1.54, 1.807) is 4.68 Å². The Hall–Kier alpha value is -1.63. The Labute approximate surface area is 150 Å². The Kier molecular flexibility index (Phi) is 5.93. The van der Waals surface area contributed by atoms with Crippen molar-refractivity contribution >= 4 is 11.5 Å². The topological polar surface area (TPSA) is 67.4 Å². The van der Waals surface area contributed by atoms with Crippen molar-refractivity contribution in [1.82, 2.24) is 14.7 Å². The van der Waals surface area contributed by atoms with Gasteiger partial charge in [0.05, 0.1) is 4.92 Å². The molecule has 2 aliphatic heterocycles. The van der Waals surface area contributed by atoms with Crippen molar-refractivity contribution in [2.45, 2.75) is 51.9 Å². The Morgan fingerprint density at radius 3 is 2.52 bits per heavy atom. The third-order valence-corrected chi connectivity index (χ3v) is 5.61. The average Bonchev–Trinajstić information content (AvgIpc) is 2.75. The minimum absolute atomic E-state index is 0.209. The highest BCUT2D eigenvalue weighted by molar-refractivity contribution is 5.61. The summed E-state index contributed by atoms with van der Waals surface area (Å²) in [5.41, 5.74) is 0.803. The van der Waals surface area contributed by atoms with Gasteiger partial charge in [-0.05, 0) is 51.1 Å². The first kappa shape index (κ1) is 18.2. The number of hydrogen-bond donors (Lipinski definition) is 0. The van der Waals surface area contributed by atoms with Crippen molar-refractivity contribution in [2.75, 3.05) is 37.6 Å². The van der Waals surface area contributed by atoms with E-state index >= 15 is 0 Å². The highest BCUT2D eigenvalue weighted by Gasteiger charge is 2.32. The fourth-order valence-corrected chi connectivity index (χ4v) is 4.43. The molecule has 0 spiro atoms. The second-order valence-corrected chi connectivity index (χ2v) is 7.52. The number of aromatic nitrogens is 2. The van der Waals surface area contributed by atoms with Gasteiger partial charge in [0, 0.05) is 26.7 Å². The Morgan fingerprint density at radius 2 is 1.88 bits per heavy atom. The molecule has 2 saturated heterocycles. The van der Waals surface area contributed by atoms with Crippen LogP contribution in [0.4, 0.5) is 11.5 Å². The third-order valence-electron chi connectivity index (χ3n) is 5.61. The van der Waals surface area contributed by atoms with E-state index in [0.717, 1.165) is 26.1 Å². The molecule has 0 amide bonds. The minimum atomic E-state index is -0.250. The van der Waals surface area contributed by atoms with E-state index in [1.807, 2.05) is 14.0 Å². The first-order valence-corrected chi connectivity index (χ1v) is 9.77. The van der Waals surface area contributed by atoms with Crippen LogP contribution in [0.15, 0.2) is 0 Å². The summed E-state index contributed by atoms with van der Waals surface area (Å²) in [4.78, 5) is 16.2. The smallest absolute Gasteiger partial charge is 0.334 e. The first-order chi connectivity index (χ1) is 12.1. The average molecular weight is 349 g/mol. The van der Waals surface area contributed by atoms with Crippen LogP contribution in [0.1, 0.15) is 51.1 Å². The van der Waals surface area contributed by atoms with Gasteiger partial charge in [-0.15, -0.1) is 0 Å². The molecule has 1 aromatic heterocycles. The highest BCUT2D eigenvalue weighted by atomic mass is 16.6. The molecule has 7 nitrogen and oxygen atoms in total. The van der Waals surface area contributed by atoms with Crippen LogP contribution in [-0.4, -0.2) is 52.3 Å². The van der Waals surface area contributed by atoms with Crippen molar-refractivity contribution in [2.24, 2.45) is 13.0 Å². The molecule has 3 heterocycles. The van der Waals surface area contributed by atoms with Crippen molar-refractivity contribution in [1.29, 1.82) is 0 Å². The molecule has 25 heavy (non-hydrogen) atoms. The van der Waals surface area contributed by atoms with Crippen LogP contribution in [0.5, 0.6) is 0 Å². The van der Waals surface area contributed by atoms with E-state index in [4.69, 9.17) is 0 Å². The minimum Gasteiger partial charge on any atom is -0.351 e. The maximum absolute atomic E-state index is 11.6. The largest absolute Gasteiger partial charge is 0.351 e. The van der Waals surface area contributed by atoms with E-state index < -0.39 is 0 Å². The van der Waals surface area contributed by atoms with Gasteiger partial charge in [-0.1, -0.05) is 19.8 Å². The number of aryl methyl sites for hydroxylation is 2. The van der Waals surface area contributed by atoms with Crippen LogP contribution in [0.3, 0.4) is 0 Å². The number of likely N-dealkylation sites (tertiary alicyclic amines) is 1. The standard InChI is InChI=1S/C18H31N5O2/c1-3-16-17(23(24)25)18(20(2)19-16)22-12-8-9-15(14-22)13-21-10-6-4-5-7-11-21/h15H,3-14H2,1-2H3. The molecule has 2 fully saturated rings. The van der Waals surface area contributed by atoms with Gasteiger partial charge in [-0.3, -0.25) is 10.1 Å². The summed E-state index contributed by atoms with van der Waals surface area (Å²) in [6.45, 7) is 7.27. The van der Waals surface area contributed by atoms with Gasteiger partial charge < -0.3 is 9.80 Å². The maximum Gasteiger partial charge on any atom is 0.334 e. The molecule has 1 aromatic rings. The zero-order chi connectivity index (χ0) is 17.8.